The number of hydrogen-bond acceptors (Lipinski definition) is 2. The van der Waals surface area contributed by atoms with E-state index in [1.807, 2.05) is 12.2 Å². The van der Waals surface area contributed by atoms with Crippen molar-refractivity contribution in [2.75, 3.05) is 6.61 Å². The normalized spacial score (nSPS) is 14.1. The van der Waals surface area contributed by atoms with Gasteiger partial charge in [-0.1, -0.05) is 79.8 Å². The number of aliphatic carboxylic acids is 1. The maximum Gasteiger partial charge on any atom is 0.333 e. The SMILES string of the molecule is CCC=CCC=CCC=CCC=CCC=CCC=CCC(OCC)C(=O)O. The molecule has 3 heteroatoms. The van der Waals surface area contributed by atoms with Gasteiger partial charge in [0.05, 0.1) is 0 Å². The van der Waals surface area contributed by atoms with E-state index >= 15 is 0 Å². The number of carboxylic acids is 1. The molecule has 0 saturated heterocycles. The molecule has 0 aliphatic carbocycles. The van der Waals surface area contributed by atoms with Gasteiger partial charge in [0.1, 0.15) is 0 Å². The fraction of sp³-hybridized carbons (Fsp3) is 0.458. The molecule has 3 nitrogen and oxygen atoms in total. The van der Waals surface area contributed by atoms with Crippen molar-refractivity contribution >= 4 is 5.97 Å². The summed E-state index contributed by atoms with van der Waals surface area (Å²) in [5.74, 6) is -0.906. The molecule has 0 saturated carbocycles. The molecule has 0 aromatic rings. The molecule has 1 unspecified atom stereocenters. The summed E-state index contributed by atoms with van der Waals surface area (Å²) in [4.78, 5) is 10.9. The quantitative estimate of drug-likeness (QED) is 0.312. The van der Waals surface area contributed by atoms with Gasteiger partial charge in [-0.3, -0.25) is 0 Å². The van der Waals surface area contributed by atoms with E-state index in [1.54, 1.807) is 6.92 Å². The molecule has 0 aromatic heterocycles. The van der Waals surface area contributed by atoms with Crippen LogP contribution < -0.4 is 0 Å². The molecule has 1 atom stereocenters. The Labute approximate surface area is 165 Å². The summed E-state index contributed by atoms with van der Waals surface area (Å²) in [6, 6.07) is 0. The third-order valence-corrected chi connectivity index (χ3v) is 3.59. The maximum atomic E-state index is 10.9. The van der Waals surface area contributed by atoms with Crippen LogP contribution in [-0.4, -0.2) is 23.8 Å². The van der Waals surface area contributed by atoms with Crippen LogP contribution >= 0.6 is 0 Å². The first-order valence-electron chi connectivity index (χ1n) is 9.96. The van der Waals surface area contributed by atoms with Gasteiger partial charge in [-0.2, -0.15) is 0 Å². The van der Waals surface area contributed by atoms with E-state index in [4.69, 9.17) is 9.84 Å². The van der Waals surface area contributed by atoms with Crippen LogP contribution in [0.15, 0.2) is 72.9 Å². The topological polar surface area (TPSA) is 46.5 Å². The molecule has 0 heterocycles. The van der Waals surface area contributed by atoms with E-state index in [9.17, 15) is 4.79 Å². The first-order chi connectivity index (χ1) is 13.2. The second-order valence-electron chi connectivity index (χ2n) is 5.93. The van der Waals surface area contributed by atoms with E-state index in [-0.39, 0.29) is 0 Å². The lowest BCUT2D eigenvalue weighted by molar-refractivity contribution is -0.149. The molecule has 0 aliphatic rings. The minimum absolute atomic E-state index is 0.411. The van der Waals surface area contributed by atoms with E-state index in [0.717, 1.165) is 38.5 Å². The fourth-order valence-electron chi connectivity index (χ4n) is 2.18. The number of carbonyl (C=O) groups is 1. The lowest BCUT2D eigenvalue weighted by atomic mass is 10.2. The maximum absolute atomic E-state index is 10.9. The molecule has 0 radical (unpaired) electrons. The zero-order valence-electron chi connectivity index (χ0n) is 16.9. The summed E-state index contributed by atoms with van der Waals surface area (Å²) in [6.45, 7) is 4.36. The molecule has 27 heavy (non-hydrogen) atoms. The van der Waals surface area contributed by atoms with E-state index in [2.05, 4.69) is 67.7 Å². The van der Waals surface area contributed by atoms with Crippen LogP contribution in [0.5, 0.6) is 0 Å². The Kier molecular flexibility index (Phi) is 18.6. The molecule has 0 fully saturated rings. The Morgan fingerprint density at radius 2 is 1.07 bits per heavy atom. The number of allylic oxidation sites excluding steroid dienone is 11. The first-order valence-corrected chi connectivity index (χ1v) is 9.96. The van der Waals surface area contributed by atoms with E-state index in [1.165, 1.54) is 0 Å². The zero-order chi connectivity index (χ0) is 20.0. The van der Waals surface area contributed by atoms with Crippen LogP contribution in [0, 0.1) is 0 Å². The van der Waals surface area contributed by atoms with Gasteiger partial charge in [-0.15, -0.1) is 0 Å². The highest BCUT2D eigenvalue weighted by Gasteiger charge is 2.14. The highest BCUT2D eigenvalue weighted by molar-refractivity contribution is 5.72. The van der Waals surface area contributed by atoms with Gasteiger partial charge in [0.2, 0.25) is 0 Å². The van der Waals surface area contributed by atoms with Gasteiger partial charge >= 0.3 is 5.97 Å². The van der Waals surface area contributed by atoms with Crippen LogP contribution in [0.1, 0.15) is 58.8 Å². The molecular weight excluding hydrogens is 336 g/mol. The van der Waals surface area contributed by atoms with Gasteiger partial charge in [0, 0.05) is 13.0 Å². The number of hydrogen-bond donors (Lipinski definition) is 1. The van der Waals surface area contributed by atoms with E-state index < -0.39 is 12.1 Å². The largest absolute Gasteiger partial charge is 0.479 e. The lowest BCUT2D eigenvalue weighted by Gasteiger charge is -2.08. The van der Waals surface area contributed by atoms with Crippen molar-refractivity contribution in [3.63, 3.8) is 0 Å². The van der Waals surface area contributed by atoms with Crippen LogP contribution in [0.3, 0.4) is 0 Å². The van der Waals surface area contributed by atoms with Crippen molar-refractivity contribution in [3.05, 3.63) is 72.9 Å². The number of carboxylic acid groups (broad SMARTS) is 1. The highest BCUT2D eigenvalue weighted by Crippen LogP contribution is 2.02. The average Bonchev–Trinajstić information content (AvgIpc) is 2.66. The van der Waals surface area contributed by atoms with Crippen LogP contribution in [0.4, 0.5) is 0 Å². The van der Waals surface area contributed by atoms with Gasteiger partial charge in [0.25, 0.3) is 0 Å². The van der Waals surface area contributed by atoms with Crippen molar-refractivity contribution in [1.29, 1.82) is 0 Å². The Hall–Kier alpha value is -2.13. The third kappa shape index (κ3) is 18.5. The van der Waals surface area contributed by atoms with Gasteiger partial charge < -0.3 is 9.84 Å². The highest BCUT2D eigenvalue weighted by atomic mass is 16.5. The smallest absolute Gasteiger partial charge is 0.333 e. The molecule has 0 bridgehead atoms. The molecule has 0 spiro atoms. The minimum Gasteiger partial charge on any atom is -0.479 e. The molecule has 1 N–H and O–H groups in total. The molecule has 0 aromatic carbocycles. The van der Waals surface area contributed by atoms with Crippen molar-refractivity contribution in [2.45, 2.75) is 64.9 Å². The lowest BCUT2D eigenvalue weighted by Crippen LogP contribution is -2.22. The predicted molar refractivity (Wildman–Crippen MR) is 116 cm³/mol. The summed E-state index contributed by atoms with van der Waals surface area (Å²) in [7, 11) is 0. The minimum atomic E-state index is -0.906. The second-order valence-corrected chi connectivity index (χ2v) is 5.93. The van der Waals surface area contributed by atoms with Crippen molar-refractivity contribution in [1.82, 2.24) is 0 Å². The van der Waals surface area contributed by atoms with Gasteiger partial charge in [-0.05, 0) is 45.4 Å². The van der Waals surface area contributed by atoms with Gasteiger partial charge in [-0.25, -0.2) is 4.79 Å². The number of rotatable bonds is 16. The van der Waals surface area contributed by atoms with Crippen LogP contribution in [0.2, 0.25) is 0 Å². The van der Waals surface area contributed by atoms with Crippen molar-refractivity contribution in [2.24, 2.45) is 0 Å². The Balaban J connectivity index is 3.70. The molecule has 150 valence electrons. The van der Waals surface area contributed by atoms with Crippen molar-refractivity contribution in [3.8, 4) is 0 Å². The first kappa shape index (κ1) is 24.9. The Morgan fingerprint density at radius 3 is 1.41 bits per heavy atom. The third-order valence-electron chi connectivity index (χ3n) is 3.59. The number of ether oxygens (including phenoxy) is 1. The molecular formula is C24H36O3. The summed E-state index contributed by atoms with van der Waals surface area (Å²) in [5, 5.41) is 8.96. The van der Waals surface area contributed by atoms with E-state index in [0.29, 0.717) is 13.0 Å². The predicted octanol–water partition coefficient (Wildman–Crippen LogP) is 6.56. The zero-order valence-corrected chi connectivity index (χ0v) is 16.9. The molecule has 0 amide bonds. The summed E-state index contributed by atoms with van der Waals surface area (Å²) >= 11 is 0. The monoisotopic (exact) mass is 372 g/mol. The summed E-state index contributed by atoms with van der Waals surface area (Å²) in [6.07, 6.45) is 31.0. The Morgan fingerprint density at radius 1 is 0.704 bits per heavy atom. The summed E-state index contributed by atoms with van der Waals surface area (Å²) in [5.41, 5.74) is 0. The molecule has 0 aliphatic heterocycles. The molecule has 0 rings (SSSR count). The summed E-state index contributed by atoms with van der Waals surface area (Å²) < 4.78 is 5.15. The van der Waals surface area contributed by atoms with Gasteiger partial charge in [0.15, 0.2) is 6.10 Å². The van der Waals surface area contributed by atoms with Crippen LogP contribution in [-0.2, 0) is 9.53 Å². The Bertz CT molecular complexity index is 522. The second kappa shape index (κ2) is 20.2. The fourth-order valence-corrected chi connectivity index (χ4v) is 2.18. The van der Waals surface area contributed by atoms with Crippen molar-refractivity contribution < 1.29 is 14.6 Å². The standard InChI is InChI=1S/C24H36O3/c1-3-5-6-7-8-9-10-11-12-13-14-15-16-17-18-19-20-21-22-23(24(25)26)27-4-2/h5-6,8-9,11-12,14-15,17-18,20-21,23H,3-4,7,10,13,16,19,22H2,1-2H3,(H,25,26). The van der Waals surface area contributed by atoms with Crippen LogP contribution in [0.25, 0.3) is 0 Å². The average molecular weight is 373 g/mol.